The van der Waals surface area contributed by atoms with Crippen LogP contribution >= 0.6 is 7.60 Å². The normalized spacial score (nSPS) is 23.9. The first-order chi connectivity index (χ1) is 11.1. The van der Waals surface area contributed by atoms with Crippen molar-refractivity contribution in [3.63, 3.8) is 0 Å². The van der Waals surface area contributed by atoms with Crippen LogP contribution in [0.3, 0.4) is 0 Å². The molecule has 1 aliphatic rings. The van der Waals surface area contributed by atoms with Crippen LogP contribution in [-0.4, -0.2) is 50.4 Å². The van der Waals surface area contributed by atoms with Gasteiger partial charge in [0, 0.05) is 46.7 Å². The third-order valence-electron chi connectivity index (χ3n) is 3.21. The molecule has 0 saturated carbocycles. The van der Waals surface area contributed by atoms with Crippen LogP contribution in [-0.2, 0) is 42.2 Å². The van der Waals surface area contributed by atoms with Gasteiger partial charge in [0.2, 0.25) is 0 Å². The average Bonchev–Trinajstić information content (AvgIpc) is 2.47. The van der Waals surface area contributed by atoms with E-state index in [1.807, 2.05) is 0 Å². The Bertz CT molecular complexity index is 575. The van der Waals surface area contributed by atoms with Gasteiger partial charge in [-0.2, -0.15) is 0 Å². The molecule has 0 unspecified atom stereocenters. The molecule has 0 aromatic rings. The zero-order valence-electron chi connectivity index (χ0n) is 14.1. The average molecular weight is 364 g/mol. The van der Waals surface area contributed by atoms with E-state index in [1.165, 1.54) is 41.1 Å². The van der Waals surface area contributed by atoms with Crippen molar-refractivity contribution in [3.8, 4) is 0 Å². The minimum Gasteiger partial charge on any atom is -0.458 e. The van der Waals surface area contributed by atoms with Crippen molar-refractivity contribution < 1.29 is 42.2 Å². The molecule has 0 aromatic heterocycles. The summed E-state index contributed by atoms with van der Waals surface area (Å²) in [5.74, 6) is -1.93. The Morgan fingerprint density at radius 3 is 1.88 bits per heavy atom. The summed E-state index contributed by atoms with van der Waals surface area (Å²) in [6, 6.07) is 0. The Morgan fingerprint density at radius 2 is 1.46 bits per heavy atom. The van der Waals surface area contributed by atoms with Crippen LogP contribution < -0.4 is 0 Å². The van der Waals surface area contributed by atoms with Gasteiger partial charge in [-0.15, -0.1) is 0 Å². The molecule has 10 heteroatoms. The first-order valence-corrected chi connectivity index (χ1v) is 8.61. The van der Waals surface area contributed by atoms with E-state index in [0.717, 1.165) is 0 Å². The molecule has 0 heterocycles. The number of ether oxygens (including phenoxy) is 3. The number of hydrogen-bond donors (Lipinski definition) is 0. The van der Waals surface area contributed by atoms with Gasteiger partial charge in [0.1, 0.15) is 6.10 Å². The lowest BCUT2D eigenvalue weighted by molar-refractivity contribution is -0.180. The van der Waals surface area contributed by atoms with E-state index in [1.54, 1.807) is 0 Å². The molecule has 0 amide bonds. The van der Waals surface area contributed by atoms with Crippen LogP contribution in [0.15, 0.2) is 11.4 Å². The molecule has 0 N–H and O–H groups in total. The van der Waals surface area contributed by atoms with Gasteiger partial charge in [-0.1, -0.05) is 0 Å². The van der Waals surface area contributed by atoms with Gasteiger partial charge in [-0.3, -0.25) is 18.9 Å². The second kappa shape index (κ2) is 8.41. The van der Waals surface area contributed by atoms with Crippen LogP contribution in [0, 0.1) is 0 Å². The van der Waals surface area contributed by atoms with Crippen molar-refractivity contribution in [2.45, 2.75) is 45.5 Å². The largest absolute Gasteiger partial charge is 0.458 e. The Labute approximate surface area is 139 Å². The predicted octanol–water partition coefficient (Wildman–Crippen LogP) is 1.55. The molecule has 9 nitrogen and oxygen atoms in total. The van der Waals surface area contributed by atoms with Crippen molar-refractivity contribution in [1.29, 1.82) is 0 Å². The second-order valence-corrected chi connectivity index (χ2v) is 7.32. The Kier molecular flexibility index (Phi) is 7.13. The highest BCUT2D eigenvalue weighted by Crippen LogP contribution is 2.58. The van der Waals surface area contributed by atoms with Gasteiger partial charge >= 0.3 is 25.5 Å². The highest BCUT2D eigenvalue weighted by Gasteiger charge is 2.44. The van der Waals surface area contributed by atoms with Crippen LogP contribution in [0.25, 0.3) is 0 Å². The lowest BCUT2D eigenvalue weighted by atomic mass is 9.97. The summed E-state index contributed by atoms with van der Waals surface area (Å²) in [6.45, 7) is 3.51. The smallest absolute Gasteiger partial charge is 0.356 e. The van der Waals surface area contributed by atoms with Crippen LogP contribution in [0.5, 0.6) is 0 Å². The molecule has 3 atom stereocenters. The van der Waals surface area contributed by atoms with E-state index in [-0.39, 0.29) is 11.7 Å². The van der Waals surface area contributed by atoms with E-state index in [2.05, 4.69) is 0 Å². The first-order valence-electron chi connectivity index (χ1n) is 7.07. The van der Waals surface area contributed by atoms with Gasteiger partial charge < -0.3 is 23.3 Å². The minimum absolute atomic E-state index is 0.0613. The lowest BCUT2D eigenvalue weighted by Crippen LogP contribution is -2.47. The van der Waals surface area contributed by atoms with Gasteiger partial charge in [-0.05, 0) is 6.08 Å². The maximum Gasteiger partial charge on any atom is 0.356 e. The summed E-state index contributed by atoms with van der Waals surface area (Å²) in [4.78, 5) is 34.0. The molecule has 0 radical (unpaired) electrons. The zero-order valence-corrected chi connectivity index (χ0v) is 15.0. The van der Waals surface area contributed by atoms with Crippen molar-refractivity contribution >= 4 is 25.5 Å². The van der Waals surface area contributed by atoms with Gasteiger partial charge in [0.25, 0.3) is 0 Å². The molecule has 0 aliphatic heterocycles. The Morgan fingerprint density at radius 1 is 0.958 bits per heavy atom. The fourth-order valence-corrected chi connectivity index (χ4v) is 3.70. The summed E-state index contributed by atoms with van der Waals surface area (Å²) in [5.41, 5.74) is 0. The van der Waals surface area contributed by atoms with Gasteiger partial charge in [0.05, 0.1) is 0 Å². The SMILES string of the molecule is COP(=O)(OC)C1=C[C@@H](OC(C)=O)[C@@H](OC(C)=O)[C@H](OC(C)=O)C1. The molecule has 1 aliphatic carbocycles. The first kappa shape index (κ1) is 20.3. The third kappa shape index (κ3) is 5.15. The number of carbonyl (C=O) groups is 3. The van der Waals surface area contributed by atoms with Crippen molar-refractivity contribution in [3.05, 3.63) is 11.4 Å². The van der Waals surface area contributed by atoms with Crippen LogP contribution in [0.4, 0.5) is 0 Å². The van der Waals surface area contributed by atoms with E-state index in [0.29, 0.717) is 0 Å². The minimum atomic E-state index is -3.64. The molecule has 0 aromatic carbocycles. The number of carbonyl (C=O) groups excluding carboxylic acids is 3. The monoisotopic (exact) mass is 364 g/mol. The maximum absolute atomic E-state index is 12.6. The lowest BCUT2D eigenvalue weighted by Gasteiger charge is -2.35. The van der Waals surface area contributed by atoms with E-state index < -0.39 is 43.8 Å². The summed E-state index contributed by atoms with van der Waals surface area (Å²) in [7, 11) is -1.24. The van der Waals surface area contributed by atoms with Crippen molar-refractivity contribution in [2.24, 2.45) is 0 Å². The third-order valence-corrected chi connectivity index (χ3v) is 5.21. The highest BCUT2D eigenvalue weighted by atomic mass is 31.2. The molecule has 1 rings (SSSR count). The zero-order chi connectivity index (χ0) is 18.5. The van der Waals surface area contributed by atoms with E-state index >= 15 is 0 Å². The number of esters is 3. The molecule has 0 fully saturated rings. The van der Waals surface area contributed by atoms with Crippen LogP contribution in [0.2, 0.25) is 0 Å². The second-order valence-electron chi connectivity index (χ2n) is 5.02. The van der Waals surface area contributed by atoms with Crippen LogP contribution in [0.1, 0.15) is 27.2 Å². The highest BCUT2D eigenvalue weighted by molar-refractivity contribution is 7.58. The van der Waals surface area contributed by atoms with E-state index in [9.17, 15) is 18.9 Å². The quantitative estimate of drug-likeness (QED) is 0.393. The predicted molar refractivity (Wildman–Crippen MR) is 81.0 cm³/mol. The molecule has 24 heavy (non-hydrogen) atoms. The number of hydrogen-bond acceptors (Lipinski definition) is 9. The summed E-state index contributed by atoms with van der Waals surface area (Å²) < 4.78 is 37.8. The summed E-state index contributed by atoms with van der Waals surface area (Å²) in [5, 5.41) is 0.161. The summed E-state index contributed by atoms with van der Waals surface area (Å²) >= 11 is 0. The van der Waals surface area contributed by atoms with Crippen molar-refractivity contribution in [2.75, 3.05) is 14.2 Å². The molecular formula is C14H21O9P. The standard InChI is InChI=1S/C14H21O9P/c1-8(15)21-12-6-11(24(18,19-4)20-5)7-13(22-9(2)16)14(12)23-10(3)17/h6,12-14H,7H2,1-5H3/t12-,13-,14-/m1/s1. The fourth-order valence-electron chi connectivity index (χ4n) is 2.35. The van der Waals surface area contributed by atoms with Gasteiger partial charge in [0.15, 0.2) is 12.2 Å². The molecule has 0 spiro atoms. The van der Waals surface area contributed by atoms with Gasteiger partial charge in [-0.25, -0.2) is 0 Å². The number of rotatable bonds is 6. The maximum atomic E-state index is 12.6. The Balaban J connectivity index is 3.31. The molecule has 136 valence electrons. The topological polar surface area (TPSA) is 114 Å². The molecule has 0 bridgehead atoms. The summed E-state index contributed by atoms with van der Waals surface area (Å²) in [6.07, 6.45) is -1.90. The Hall–Kier alpha value is -1.70. The molecule has 0 saturated heterocycles. The molecular weight excluding hydrogens is 343 g/mol. The van der Waals surface area contributed by atoms with Crippen molar-refractivity contribution in [1.82, 2.24) is 0 Å². The van der Waals surface area contributed by atoms with E-state index in [4.69, 9.17) is 23.3 Å². The fraction of sp³-hybridized carbons (Fsp3) is 0.643.